The van der Waals surface area contributed by atoms with E-state index in [1.165, 1.54) is 0 Å². The molecule has 0 bridgehead atoms. The average Bonchev–Trinajstić information content (AvgIpc) is 2.40. The summed E-state index contributed by atoms with van der Waals surface area (Å²) in [6, 6.07) is 3.59. The summed E-state index contributed by atoms with van der Waals surface area (Å²) in [5.41, 5.74) is 6.47. The van der Waals surface area contributed by atoms with Crippen LogP contribution in [0.3, 0.4) is 0 Å². The number of nitrogens with one attached hydrogen (secondary N) is 2. The third-order valence-electron chi connectivity index (χ3n) is 2.39. The van der Waals surface area contributed by atoms with Crippen LogP contribution in [0.1, 0.15) is 12.6 Å². The minimum absolute atomic E-state index is 0.202. The van der Waals surface area contributed by atoms with E-state index in [-0.39, 0.29) is 12.2 Å². The predicted octanol–water partition coefficient (Wildman–Crippen LogP) is 1.05. The zero-order chi connectivity index (χ0) is 15.0. The van der Waals surface area contributed by atoms with Crippen LogP contribution in [-0.2, 0) is 11.2 Å². The standard InChI is InChI=1S/C12H18ClN5OS/c1-8(19-2)17-11(14)18-12(20)16-7-5-10-9(13)4-3-6-15-10/h3-4,6,8H,5,7H2,1-2H3,(H4,14,16,17,18,20). The molecule has 4 N–H and O–H groups in total. The molecule has 0 saturated heterocycles. The van der Waals surface area contributed by atoms with Crippen LogP contribution in [0.2, 0.25) is 5.02 Å². The maximum absolute atomic E-state index is 6.01. The van der Waals surface area contributed by atoms with Crippen LogP contribution in [0, 0.1) is 0 Å². The fourth-order valence-corrected chi connectivity index (χ4v) is 1.76. The SMILES string of the molecule is COC(C)/N=C(\N)NC(=S)NCCc1ncccc1Cl. The molecular weight excluding hydrogens is 298 g/mol. The highest BCUT2D eigenvalue weighted by molar-refractivity contribution is 7.80. The van der Waals surface area contributed by atoms with Crippen molar-refractivity contribution in [1.82, 2.24) is 15.6 Å². The summed E-state index contributed by atoms with van der Waals surface area (Å²) in [6.07, 6.45) is 2.04. The fraction of sp³-hybridized carbons (Fsp3) is 0.417. The molecule has 0 fully saturated rings. The van der Waals surface area contributed by atoms with Crippen LogP contribution in [0.15, 0.2) is 23.3 Å². The van der Waals surface area contributed by atoms with Gasteiger partial charge in [-0.05, 0) is 31.3 Å². The molecule has 0 aliphatic heterocycles. The number of pyridine rings is 1. The van der Waals surface area contributed by atoms with E-state index in [2.05, 4.69) is 20.6 Å². The van der Waals surface area contributed by atoms with Gasteiger partial charge in [0.1, 0.15) is 6.23 Å². The Kier molecular flexibility index (Phi) is 7.21. The quantitative estimate of drug-likeness (QED) is 0.428. The molecule has 1 aromatic heterocycles. The highest BCUT2D eigenvalue weighted by atomic mass is 35.5. The van der Waals surface area contributed by atoms with E-state index in [0.717, 1.165) is 5.69 Å². The van der Waals surface area contributed by atoms with E-state index < -0.39 is 0 Å². The van der Waals surface area contributed by atoms with E-state index in [0.29, 0.717) is 23.1 Å². The smallest absolute Gasteiger partial charge is 0.197 e. The number of thiocarbonyl (C=S) groups is 1. The summed E-state index contributed by atoms with van der Waals surface area (Å²) in [5, 5.41) is 6.79. The molecule has 0 spiro atoms. The van der Waals surface area contributed by atoms with Crippen molar-refractivity contribution in [2.45, 2.75) is 19.6 Å². The van der Waals surface area contributed by atoms with Gasteiger partial charge in [-0.1, -0.05) is 11.6 Å². The van der Waals surface area contributed by atoms with Crippen LogP contribution >= 0.6 is 23.8 Å². The molecule has 6 nitrogen and oxygen atoms in total. The minimum atomic E-state index is -0.322. The molecule has 110 valence electrons. The Morgan fingerprint density at radius 3 is 3.05 bits per heavy atom. The Balaban J connectivity index is 2.34. The number of halogens is 1. The van der Waals surface area contributed by atoms with Gasteiger partial charge in [0.05, 0.1) is 10.7 Å². The van der Waals surface area contributed by atoms with Gasteiger partial charge in [0.15, 0.2) is 11.1 Å². The van der Waals surface area contributed by atoms with Crippen LogP contribution in [0.25, 0.3) is 0 Å². The Hall–Kier alpha value is -1.44. The second kappa shape index (κ2) is 8.68. The molecule has 1 atom stereocenters. The molecule has 1 unspecified atom stereocenters. The molecule has 20 heavy (non-hydrogen) atoms. The van der Waals surface area contributed by atoms with Gasteiger partial charge in [-0.25, -0.2) is 4.99 Å². The number of hydrogen-bond acceptors (Lipinski definition) is 4. The maximum Gasteiger partial charge on any atom is 0.197 e. The molecule has 0 aliphatic carbocycles. The van der Waals surface area contributed by atoms with Gasteiger partial charge in [-0.2, -0.15) is 0 Å². The van der Waals surface area contributed by atoms with Crippen molar-refractivity contribution < 1.29 is 4.74 Å². The number of methoxy groups -OCH3 is 1. The fourth-order valence-electron chi connectivity index (χ4n) is 1.34. The third kappa shape index (κ3) is 6.14. The topological polar surface area (TPSA) is 84.6 Å². The van der Waals surface area contributed by atoms with Crippen molar-refractivity contribution in [3.63, 3.8) is 0 Å². The van der Waals surface area contributed by atoms with Crippen molar-refractivity contribution in [1.29, 1.82) is 0 Å². The molecule has 8 heteroatoms. The number of aromatic nitrogens is 1. The van der Waals surface area contributed by atoms with Gasteiger partial charge >= 0.3 is 0 Å². The zero-order valence-corrected chi connectivity index (χ0v) is 13.0. The highest BCUT2D eigenvalue weighted by Gasteiger charge is 2.03. The van der Waals surface area contributed by atoms with Gasteiger partial charge in [0.2, 0.25) is 0 Å². The first kappa shape index (κ1) is 16.6. The van der Waals surface area contributed by atoms with E-state index in [4.69, 9.17) is 34.3 Å². The van der Waals surface area contributed by atoms with Gasteiger partial charge in [-0.3, -0.25) is 4.98 Å². The lowest BCUT2D eigenvalue weighted by Gasteiger charge is -2.11. The van der Waals surface area contributed by atoms with Crippen molar-refractivity contribution in [3.8, 4) is 0 Å². The molecule has 1 heterocycles. The summed E-state index contributed by atoms with van der Waals surface area (Å²) < 4.78 is 4.96. The van der Waals surface area contributed by atoms with Crippen LogP contribution in [-0.4, -0.2) is 35.9 Å². The van der Waals surface area contributed by atoms with Crippen LogP contribution in [0.5, 0.6) is 0 Å². The maximum atomic E-state index is 6.01. The zero-order valence-electron chi connectivity index (χ0n) is 11.4. The van der Waals surface area contributed by atoms with Crippen molar-refractivity contribution >= 4 is 34.9 Å². The molecule has 0 saturated carbocycles. The van der Waals surface area contributed by atoms with Crippen molar-refractivity contribution in [3.05, 3.63) is 29.0 Å². The number of nitrogens with zero attached hydrogens (tertiary/aromatic N) is 2. The number of hydrogen-bond donors (Lipinski definition) is 3. The second-order valence-corrected chi connectivity index (χ2v) is 4.73. The molecule has 0 amide bonds. The summed E-state index contributed by atoms with van der Waals surface area (Å²) in [6.45, 7) is 2.36. The Labute approximate surface area is 128 Å². The lowest BCUT2D eigenvalue weighted by molar-refractivity contribution is 0.126. The van der Waals surface area contributed by atoms with Crippen molar-refractivity contribution in [2.75, 3.05) is 13.7 Å². The molecule has 1 aromatic rings. The Bertz CT molecular complexity index is 483. The Morgan fingerprint density at radius 1 is 1.65 bits per heavy atom. The molecule has 0 aliphatic rings. The van der Waals surface area contributed by atoms with Gasteiger partial charge in [0.25, 0.3) is 0 Å². The van der Waals surface area contributed by atoms with E-state index >= 15 is 0 Å². The van der Waals surface area contributed by atoms with E-state index in [1.54, 1.807) is 32.4 Å². The number of ether oxygens (including phenoxy) is 1. The number of guanidine groups is 1. The third-order valence-corrected chi connectivity index (χ3v) is 2.98. The number of rotatable bonds is 5. The largest absolute Gasteiger partial charge is 0.370 e. The van der Waals surface area contributed by atoms with Crippen molar-refractivity contribution in [2.24, 2.45) is 10.7 Å². The van der Waals surface area contributed by atoms with Gasteiger partial charge < -0.3 is 21.1 Å². The number of aliphatic imine (C=N–C) groups is 1. The van der Waals surface area contributed by atoms with Gasteiger partial charge in [-0.15, -0.1) is 0 Å². The first-order chi connectivity index (χ1) is 9.52. The molecule has 1 rings (SSSR count). The first-order valence-electron chi connectivity index (χ1n) is 6.03. The van der Waals surface area contributed by atoms with Gasteiger partial charge in [0, 0.05) is 26.3 Å². The molecule has 0 aromatic carbocycles. The first-order valence-corrected chi connectivity index (χ1v) is 6.82. The molecular formula is C12H18ClN5OS. The summed E-state index contributed by atoms with van der Waals surface area (Å²) >= 11 is 11.1. The minimum Gasteiger partial charge on any atom is -0.370 e. The second-order valence-electron chi connectivity index (χ2n) is 3.91. The normalized spacial score (nSPS) is 12.8. The van der Waals surface area contributed by atoms with Crippen LogP contribution < -0.4 is 16.4 Å². The monoisotopic (exact) mass is 315 g/mol. The van der Waals surface area contributed by atoms with Crippen LogP contribution in [0.4, 0.5) is 0 Å². The average molecular weight is 316 g/mol. The Morgan fingerprint density at radius 2 is 2.40 bits per heavy atom. The predicted molar refractivity (Wildman–Crippen MR) is 84.8 cm³/mol. The summed E-state index contributed by atoms with van der Waals surface area (Å²) in [7, 11) is 1.55. The van der Waals surface area contributed by atoms with E-state index in [9.17, 15) is 0 Å². The molecule has 0 radical (unpaired) electrons. The lowest BCUT2D eigenvalue weighted by Crippen LogP contribution is -2.44. The summed E-state index contributed by atoms with van der Waals surface area (Å²) in [4.78, 5) is 8.20. The lowest BCUT2D eigenvalue weighted by atomic mass is 10.3. The highest BCUT2D eigenvalue weighted by Crippen LogP contribution is 2.11. The number of nitrogens with two attached hydrogens (primary N) is 1. The van der Waals surface area contributed by atoms with E-state index in [1.807, 2.05) is 0 Å². The summed E-state index contributed by atoms with van der Waals surface area (Å²) in [5.74, 6) is 0.202.